The van der Waals surface area contributed by atoms with Crippen molar-refractivity contribution in [2.75, 3.05) is 6.61 Å². The van der Waals surface area contributed by atoms with Gasteiger partial charge in [0.1, 0.15) is 0 Å². The zero-order chi connectivity index (χ0) is 12.3. The van der Waals surface area contributed by atoms with E-state index in [1.807, 2.05) is 0 Å². The summed E-state index contributed by atoms with van der Waals surface area (Å²) in [4.78, 5) is 23.1. The van der Waals surface area contributed by atoms with Gasteiger partial charge in [-0.2, -0.15) is 0 Å². The molecule has 0 radical (unpaired) electrons. The number of nitrogens with one attached hydrogen (secondary N) is 2. The van der Waals surface area contributed by atoms with Gasteiger partial charge in [0.25, 0.3) is 0 Å². The molecule has 2 aliphatic rings. The highest BCUT2D eigenvalue weighted by molar-refractivity contribution is 6.35. The lowest BCUT2D eigenvalue weighted by Gasteiger charge is -2.30. The van der Waals surface area contributed by atoms with Crippen molar-refractivity contribution in [3.63, 3.8) is 0 Å². The van der Waals surface area contributed by atoms with E-state index >= 15 is 0 Å². The Morgan fingerprint density at radius 2 is 1.65 bits per heavy atom. The van der Waals surface area contributed by atoms with E-state index in [9.17, 15) is 14.7 Å². The smallest absolute Gasteiger partial charge is 0.309 e. The standard InChI is InChI=1S/C12H20N2O3/c15-7-8-3-1-2-4-10(8)14-12(17)11(16)13-9-5-6-9/h8-10,15H,1-7H2,(H,13,16)(H,14,17). The van der Waals surface area contributed by atoms with Crippen LogP contribution in [0.25, 0.3) is 0 Å². The fourth-order valence-electron chi connectivity index (χ4n) is 2.33. The van der Waals surface area contributed by atoms with Crippen molar-refractivity contribution in [2.24, 2.45) is 5.92 Å². The largest absolute Gasteiger partial charge is 0.396 e. The first-order valence-electron chi connectivity index (χ1n) is 6.43. The predicted octanol–water partition coefficient (Wildman–Crippen LogP) is -0.0677. The Balaban J connectivity index is 1.80. The fourth-order valence-corrected chi connectivity index (χ4v) is 2.33. The average molecular weight is 240 g/mol. The number of hydrogen-bond acceptors (Lipinski definition) is 3. The van der Waals surface area contributed by atoms with Crippen molar-refractivity contribution < 1.29 is 14.7 Å². The summed E-state index contributed by atoms with van der Waals surface area (Å²) >= 11 is 0. The summed E-state index contributed by atoms with van der Waals surface area (Å²) in [7, 11) is 0. The van der Waals surface area contributed by atoms with Crippen molar-refractivity contribution in [3.8, 4) is 0 Å². The zero-order valence-corrected chi connectivity index (χ0v) is 9.95. The Morgan fingerprint density at radius 1 is 1.00 bits per heavy atom. The third-order valence-electron chi connectivity index (χ3n) is 3.58. The molecule has 2 unspecified atom stereocenters. The van der Waals surface area contributed by atoms with Gasteiger partial charge in [-0.25, -0.2) is 0 Å². The molecule has 2 aliphatic carbocycles. The highest BCUT2D eigenvalue weighted by Gasteiger charge is 2.30. The van der Waals surface area contributed by atoms with Gasteiger partial charge in [-0.15, -0.1) is 0 Å². The molecule has 2 saturated carbocycles. The van der Waals surface area contributed by atoms with Crippen molar-refractivity contribution in [1.82, 2.24) is 10.6 Å². The lowest BCUT2D eigenvalue weighted by molar-refractivity contribution is -0.140. The van der Waals surface area contributed by atoms with Crippen molar-refractivity contribution in [2.45, 2.75) is 50.6 Å². The van der Waals surface area contributed by atoms with E-state index in [-0.39, 0.29) is 24.6 Å². The Bertz CT molecular complexity index is 302. The molecular formula is C12H20N2O3. The van der Waals surface area contributed by atoms with Crippen molar-refractivity contribution in [3.05, 3.63) is 0 Å². The molecule has 0 aromatic rings. The number of carbonyl (C=O) groups excluding carboxylic acids is 2. The van der Waals surface area contributed by atoms with Crippen LogP contribution in [-0.4, -0.2) is 35.6 Å². The second kappa shape index (κ2) is 5.49. The number of aliphatic hydroxyl groups is 1. The molecule has 0 aromatic carbocycles. The zero-order valence-electron chi connectivity index (χ0n) is 9.95. The van der Waals surface area contributed by atoms with E-state index < -0.39 is 11.8 Å². The van der Waals surface area contributed by atoms with Gasteiger partial charge in [0.2, 0.25) is 0 Å². The molecule has 96 valence electrons. The Morgan fingerprint density at radius 3 is 2.29 bits per heavy atom. The minimum atomic E-state index is -0.553. The maximum atomic E-state index is 11.6. The van der Waals surface area contributed by atoms with Crippen LogP contribution in [0.4, 0.5) is 0 Å². The Hall–Kier alpha value is -1.10. The summed E-state index contributed by atoms with van der Waals surface area (Å²) in [5.74, 6) is -0.988. The predicted molar refractivity (Wildman–Crippen MR) is 62.1 cm³/mol. The summed E-state index contributed by atoms with van der Waals surface area (Å²) < 4.78 is 0. The maximum absolute atomic E-state index is 11.6. The third-order valence-corrected chi connectivity index (χ3v) is 3.58. The highest BCUT2D eigenvalue weighted by atomic mass is 16.3. The molecule has 2 atom stereocenters. The van der Waals surface area contributed by atoms with Gasteiger partial charge in [0, 0.05) is 24.6 Å². The minimum absolute atomic E-state index is 0.0498. The average Bonchev–Trinajstić information content (AvgIpc) is 3.13. The van der Waals surface area contributed by atoms with Gasteiger partial charge < -0.3 is 15.7 Å². The molecule has 2 rings (SSSR count). The van der Waals surface area contributed by atoms with E-state index in [2.05, 4.69) is 10.6 Å². The normalized spacial score (nSPS) is 28.5. The Labute approximate surface area is 101 Å². The van der Waals surface area contributed by atoms with Crippen LogP contribution in [-0.2, 0) is 9.59 Å². The minimum Gasteiger partial charge on any atom is -0.396 e. The van der Waals surface area contributed by atoms with Crippen LogP contribution in [0, 0.1) is 5.92 Å². The second-order valence-corrected chi connectivity index (χ2v) is 5.05. The second-order valence-electron chi connectivity index (χ2n) is 5.05. The monoisotopic (exact) mass is 240 g/mol. The molecule has 3 N–H and O–H groups in total. The van der Waals surface area contributed by atoms with Gasteiger partial charge in [-0.1, -0.05) is 12.8 Å². The Kier molecular flexibility index (Phi) is 3.99. The summed E-state index contributed by atoms with van der Waals surface area (Å²) in [5, 5.41) is 14.6. The molecule has 0 heterocycles. The number of carbonyl (C=O) groups is 2. The van der Waals surface area contributed by atoms with Crippen LogP contribution in [0.5, 0.6) is 0 Å². The molecule has 2 fully saturated rings. The summed E-state index contributed by atoms with van der Waals surface area (Å²) in [6.45, 7) is 0.0786. The van der Waals surface area contributed by atoms with Crippen LogP contribution < -0.4 is 10.6 Å². The van der Waals surface area contributed by atoms with Crippen LogP contribution >= 0.6 is 0 Å². The first-order chi connectivity index (χ1) is 8.20. The molecule has 0 spiro atoms. The number of rotatable bonds is 3. The van der Waals surface area contributed by atoms with Crippen LogP contribution in [0.3, 0.4) is 0 Å². The lowest BCUT2D eigenvalue weighted by atomic mass is 9.85. The van der Waals surface area contributed by atoms with E-state index in [0.29, 0.717) is 0 Å². The number of aliphatic hydroxyl groups excluding tert-OH is 1. The van der Waals surface area contributed by atoms with Crippen molar-refractivity contribution in [1.29, 1.82) is 0 Å². The lowest BCUT2D eigenvalue weighted by Crippen LogP contribution is -2.49. The first kappa shape index (κ1) is 12.4. The van der Waals surface area contributed by atoms with Gasteiger partial charge in [0.15, 0.2) is 0 Å². The van der Waals surface area contributed by atoms with Gasteiger partial charge in [-0.3, -0.25) is 9.59 Å². The molecular weight excluding hydrogens is 220 g/mol. The van der Waals surface area contributed by atoms with Crippen LogP contribution in [0.1, 0.15) is 38.5 Å². The first-order valence-corrected chi connectivity index (χ1v) is 6.43. The molecule has 5 nitrogen and oxygen atoms in total. The summed E-state index contributed by atoms with van der Waals surface area (Å²) in [6.07, 6.45) is 5.86. The van der Waals surface area contributed by atoms with E-state index in [4.69, 9.17) is 0 Å². The van der Waals surface area contributed by atoms with E-state index in [0.717, 1.165) is 38.5 Å². The number of hydrogen-bond donors (Lipinski definition) is 3. The van der Waals surface area contributed by atoms with Gasteiger partial charge in [0.05, 0.1) is 0 Å². The molecule has 0 aliphatic heterocycles. The summed E-state index contributed by atoms with van der Waals surface area (Å²) in [6, 6.07) is 0.152. The molecule has 0 bridgehead atoms. The van der Waals surface area contributed by atoms with E-state index in [1.54, 1.807) is 0 Å². The maximum Gasteiger partial charge on any atom is 0.309 e. The fraction of sp³-hybridized carbons (Fsp3) is 0.833. The third kappa shape index (κ3) is 3.43. The van der Waals surface area contributed by atoms with Gasteiger partial charge >= 0.3 is 11.8 Å². The van der Waals surface area contributed by atoms with Crippen molar-refractivity contribution >= 4 is 11.8 Å². The highest BCUT2D eigenvalue weighted by Crippen LogP contribution is 2.24. The topological polar surface area (TPSA) is 78.4 Å². The molecule has 2 amide bonds. The molecule has 17 heavy (non-hydrogen) atoms. The molecule has 0 aromatic heterocycles. The molecule has 5 heteroatoms. The van der Waals surface area contributed by atoms with E-state index in [1.165, 1.54) is 0 Å². The summed E-state index contributed by atoms with van der Waals surface area (Å²) in [5.41, 5.74) is 0. The van der Waals surface area contributed by atoms with Crippen LogP contribution in [0.2, 0.25) is 0 Å². The number of amides is 2. The molecule has 0 saturated heterocycles. The van der Waals surface area contributed by atoms with Crippen LogP contribution in [0.15, 0.2) is 0 Å². The van der Waals surface area contributed by atoms with Gasteiger partial charge in [-0.05, 0) is 25.7 Å². The quantitative estimate of drug-likeness (QED) is 0.604. The SMILES string of the molecule is O=C(NC1CC1)C(=O)NC1CCCCC1CO.